The first-order valence-electron chi connectivity index (χ1n) is 4.75. The average molecular weight is 171 g/mol. The van der Waals surface area contributed by atoms with Crippen LogP contribution in [0.2, 0.25) is 0 Å². The largest absolute Gasteiger partial charge is 0.261 e. The van der Waals surface area contributed by atoms with Crippen LogP contribution in [-0.2, 0) is 0 Å². The van der Waals surface area contributed by atoms with Crippen molar-refractivity contribution in [2.75, 3.05) is 5.75 Å². The molecule has 1 saturated carbocycles. The lowest BCUT2D eigenvalue weighted by atomic mass is 9.77. The SMILES string of the molecule is C[C@H]1CCC[C@H]2CCSNC21. The highest BCUT2D eigenvalue weighted by molar-refractivity contribution is 7.97. The molecule has 11 heavy (non-hydrogen) atoms. The molecule has 0 amide bonds. The van der Waals surface area contributed by atoms with Crippen molar-refractivity contribution in [3.8, 4) is 0 Å². The Hall–Kier alpha value is 0.310. The number of hydrogen-bond donors (Lipinski definition) is 1. The van der Waals surface area contributed by atoms with E-state index < -0.39 is 0 Å². The first-order valence-corrected chi connectivity index (χ1v) is 5.74. The molecular weight excluding hydrogens is 154 g/mol. The van der Waals surface area contributed by atoms with Gasteiger partial charge in [0, 0.05) is 11.8 Å². The normalized spacial score (nSPS) is 45.0. The van der Waals surface area contributed by atoms with Gasteiger partial charge in [-0.1, -0.05) is 25.3 Å². The van der Waals surface area contributed by atoms with Gasteiger partial charge in [-0.05, 0) is 31.1 Å². The molecule has 2 rings (SSSR count). The third kappa shape index (κ3) is 1.57. The number of fused-ring (bicyclic) bond motifs is 1. The second-order valence-corrected chi connectivity index (χ2v) is 4.88. The lowest BCUT2D eigenvalue weighted by molar-refractivity contribution is 0.212. The van der Waals surface area contributed by atoms with Gasteiger partial charge in [0.15, 0.2) is 0 Å². The van der Waals surface area contributed by atoms with Crippen LogP contribution in [0.1, 0.15) is 32.6 Å². The zero-order valence-electron chi connectivity index (χ0n) is 7.18. The monoisotopic (exact) mass is 171 g/mol. The van der Waals surface area contributed by atoms with Gasteiger partial charge in [0.2, 0.25) is 0 Å². The summed E-state index contributed by atoms with van der Waals surface area (Å²) < 4.78 is 3.59. The van der Waals surface area contributed by atoms with Crippen LogP contribution in [0.25, 0.3) is 0 Å². The minimum atomic E-state index is 0.836. The Balaban J connectivity index is 1.99. The van der Waals surface area contributed by atoms with Gasteiger partial charge in [0.25, 0.3) is 0 Å². The van der Waals surface area contributed by atoms with E-state index in [0.717, 1.165) is 17.9 Å². The summed E-state index contributed by atoms with van der Waals surface area (Å²) in [7, 11) is 0. The van der Waals surface area contributed by atoms with E-state index in [1.807, 2.05) is 11.9 Å². The Morgan fingerprint density at radius 1 is 1.27 bits per heavy atom. The fraction of sp³-hybridized carbons (Fsp3) is 1.00. The summed E-state index contributed by atoms with van der Waals surface area (Å²) >= 11 is 1.93. The molecule has 2 heteroatoms. The van der Waals surface area contributed by atoms with E-state index in [4.69, 9.17) is 0 Å². The maximum atomic E-state index is 3.59. The van der Waals surface area contributed by atoms with Crippen LogP contribution in [-0.4, -0.2) is 11.8 Å². The molecule has 1 aliphatic carbocycles. The van der Waals surface area contributed by atoms with Crippen molar-refractivity contribution in [3.63, 3.8) is 0 Å². The third-order valence-electron chi connectivity index (χ3n) is 3.17. The summed E-state index contributed by atoms with van der Waals surface area (Å²) in [6.45, 7) is 2.40. The van der Waals surface area contributed by atoms with Crippen molar-refractivity contribution in [1.29, 1.82) is 0 Å². The van der Waals surface area contributed by atoms with Crippen molar-refractivity contribution in [2.24, 2.45) is 11.8 Å². The van der Waals surface area contributed by atoms with Crippen molar-refractivity contribution in [1.82, 2.24) is 4.72 Å². The van der Waals surface area contributed by atoms with Crippen LogP contribution < -0.4 is 4.72 Å². The van der Waals surface area contributed by atoms with Crippen LogP contribution >= 0.6 is 11.9 Å². The summed E-state index contributed by atoms with van der Waals surface area (Å²) in [4.78, 5) is 0. The van der Waals surface area contributed by atoms with E-state index in [9.17, 15) is 0 Å². The Kier molecular flexibility index (Phi) is 2.42. The van der Waals surface area contributed by atoms with Crippen LogP contribution in [0.5, 0.6) is 0 Å². The fourth-order valence-corrected chi connectivity index (χ4v) is 3.58. The van der Waals surface area contributed by atoms with E-state index >= 15 is 0 Å². The smallest absolute Gasteiger partial charge is 0.0226 e. The number of hydrogen-bond acceptors (Lipinski definition) is 2. The van der Waals surface area contributed by atoms with Crippen LogP contribution in [0.4, 0.5) is 0 Å². The molecule has 64 valence electrons. The van der Waals surface area contributed by atoms with E-state index in [1.165, 1.54) is 31.4 Å². The topological polar surface area (TPSA) is 12.0 Å². The lowest BCUT2D eigenvalue weighted by Gasteiger charge is -2.39. The van der Waals surface area contributed by atoms with Gasteiger partial charge in [-0.2, -0.15) is 0 Å². The zero-order chi connectivity index (χ0) is 7.68. The molecule has 1 nitrogen and oxygen atoms in total. The Bertz CT molecular complexity index is 136. The summed E-state index contributed by atoms with van der Waals surface area (Å²) in [5, 5.41) is 0. The molecule has 1 saturated heterocycles. The van der Waals surface area contributed by atoms with Crippen molar-refractivity contribution in [2.45, 2.75) is 38.6 Å². The van der Waals surface area contributed by atoms with Gasteiger partial charge in [0.1, 0.15) is 0 Å². The first-order chi connectivity index (χ1) is 5.38. The maximum Gasteiger partial charge on any atom is 0.0226 e. The molecule has 0 radical (unpaired) electrons. The lowest BCUT2D eigenvalue weighted by Crippen LogP contribution is -2.43. The average Bonchev–Trinajstić information content (AvgIpc) is 2.06. The number of rotatable bonds is 0. The molecule has 1 heterocycles. The van der Waals surface area contributed by atoms with Gasteiger partial charge in [-0.15, -0.1) is 0 Å². The highest BCUT2D eigenvalue weighted by Crippen LogP contribution is 2.35. The summed E-state index contributed by atoms with van der Waals surface area (Å²) in [6.07, 6.45) is 5.83. The molecule has 1 unspecified atom stereocenters. The molecule has 1 aliphatic heterocycles. The predicted molar refractivity (Wildman–Crippen MR) is 50.5 cm³/mol. The molecule has 2 fully saturated rings. The standard InChI is InChI=1S/C9H17NS/c1-7-3-2-4-8-5-6-11-10-9(7)8/h7-10H,2-6H2,1H3/t7-,8-,9?/m0/s1. The minimum Gasteiger partial charge on any atom is -0.261 e. The third-order valence-corrected chi connectivity index (χ3v) is 4.04. The van der Waals surface area contributed by atoms with E-state index in [-0.39, 0.29) is 0 Å². The predicted octanol–water partition coefficient (Wildman–Crippen LogP) is 2.43. The van der Waals surface area contributed by atoms with Crippen molar-refractivity contribution in [3.05, 3.63) is 0 Å². The van der Waals surface area contributed by atoms with Gasteiger partial charge >= 0.3 is 0 Å². The highest BCUT2D eigenvalue weighted by Gasteiger charge is 2.32. The Morgan fingerprint density at radius 2 is 2.18 bits per heavy atom. The van der Waals surface area contributed by atoms with E-state index in [2.05, 4.69) is 11.6 Å². The maximum absolute atomic E-state index is 3.59. The second-order valence-electron chi connectivity index (χ2n) is 3.95. The summed E-state index contributed by atoms with van der Waals surface area (Å²) in [5.74, 6) is 3.25. The minimum absolute atomic E-state index is 0.836. The molecule has 0 aromatic rings. The molecule has 0 aromatic carbocycles. The first kappa shape index (κ1) is 7.93. The van der Waals surface area contributed by atoms with E-state index in [0.29, 0.717) is 0 Å². The molecular formula is C9H17NS. The molecule has 0 spiro atoms. The summed E-state index contributed by atoms with van der Waals surface area (Å²) in [5.41, 5.74) is 0. The van der Waals surface area contributed by atoms with Crippen LogP contribution in [0.15, 0.2) is 0 Å². The second kappa shape index (κ2) is 3.36. The van der Waals surface area contributed by atoms with Gasteiger partial charge in [-0.25, -0.2) is 0 Å². The van der Waals surface area contributed by atoms with Crippen LogP contribution in [0, 0.1) is 11.8 Å². The Morgan fingerprint density at radius 3 is 3.00 bits per heavy atom. The van der Waals surface area contributed by atoms with Crippen LogP contribution in [0.3, 0.4) is 0 Å². The van der Waals surface area contributed by atoms with E-state index in [1.54, 1.807) is 0 Å². The van der Waals surface area contributed by atoms with Crippen molar-refractivity contribution >= 4 is 11.9 Å². The molecule has 0 bridgehead atoms. The molecule has 0 aromatic heterocycles. The molecule has 2 aliphatic rings. The number of nitrogens with one attached hydrogen (secondary N) is 1. The highest BCUT2D eigenvalue weighted by atomic mass is 32.2. The summed E-state index contributed by atoms with van der Waals surface area (Å²) in [6, 6.07) is 0.836. The van der Waals surface area contributed by atoms with Gasteiger partial charge < -0.3 is 0 Å². The quantitative estimate of drug-likeness (QED) is 0.562. The van der Waals surface area contributed by atoms with Crippen molar-refractivity contribution < 1.29 is 0 Å². The van der Waals surface area contributed by atoms with Gasteiger partial charge in [0.05, 0.1) is 0 Å². The zero-order valence-corrected chi connectivity index (χ0v) is 7.99. The molecule has 3 atom stereocenters. The fourth-order valence-electron chi connectivity index (χ4n) is 2.43. The Labute approximate surface area is 73.5 Å². The van der Waals surface area contributed by atoms with Gasteiger partial charge in [-0.3, -0.25) is 4.72 Å². The molecule has 1 N–H and O–H groups in total.